The molecule has 1 N–H and O–H groups in total. The standard InChI is InChI=1S/C16H24F3NO/c1-3-4-5-6-7-13(2)12-20-14-8-10-15(11-9-14)21-16(17,18)19/h8-11,13,20H,3-7,12H2,1-2H3. The molecule has 0 aliphatic heterocycles. The molecule has 0 spiro atoms. The van der Waals surface area contributed by atoms with Gasteiger partial charge in [0.15, 0.2) is 0 Å². The maximum absolute atomic E-state index is 12.0. The van der Waals surface area contributed by atoms with E-state index in [0.717, 1.165) is 12.2 Å². The van der Waals surface area contributed by atoms with E-state index in [2.05, 4.69) is 23.9 Å². The van der Waals surface area contributed by atoms with Gasteiger partial charge in [-0.05, 0) is 36.6 Å². The molecule has 1 aromatic rings. The summed E-state index contributed by atoms with van der Waals surface area (Å²) in [4.78, 5) is 0. The predicted molar refractivity (Wildman–Crippen MR) is 79.5 cm³/mol. The zero-order valence-corrected chi connectivity index (χ0v) is 12.7. The summed E-state index contributed by atoms with van der Waals surface area (Å²) in [6.45, 7) is 5.20. The van der Waals surface area contributed by atoms with Crippen molar-refractivity contribution in [3.05, 3.63) is 24.3 Å². The third-order valence-electron chi connectivity index (χ3n) is 3.29. The van der Waals surface area contributed by atoms with Gasteiger partial charge in [-0.2, -0.15) is 0 Å². The fourth-order valence-electron chi connectivity index (χ4n) is 2.09. The normalized spacial score (nSPS) is 13.0. The van der Waals surface area contributed by atoms with Gasteiger partial charge in [-0.3, -0.25) is 0 Å². The lowest BCUT2D eigenvalue weighted by atomic mass is 10.0. The number of benzene rings is 1. The van der Waals surface area contributed by atoms with Crippen LogP contribution in [0.5, 0.6) is 5.75 Å². The minimum Gasteiger partial charge on any atom is -0.406 e. The molecule has 1 atom stereocenters. The lowest BCUT2D eigenvalue weighted by Crippen LogP contribution is -2.17. The summed E-state index contributed by atoms with van der Waals surface area (Å²) >= 11 is 0. The number of hydrogen-bond acceptors (Lipinski definition) is 2. The van der Waals surface area contributed by atoms with Crippen molar-refractivity contribution in [2.24, 2.45) is 5.92 Å². The summed E-state index contributed by atoms with van der Waals surface area (Å²) in [5, 5.41) is 3.24. The van der Waals surface area contributed by atoms with Crippen LogP contribution in [0.25, 0.3) is 0 Å². The predicted octanol–water partition coefficient (Wildman–Crippen LogP) is 5.60. The molecule has 0 saturated carbocycles. The third-order valence-corrected chi connectivity index (χ3v) is 3.29. The monoisotopic (exact) mass is 303 g/mol. The maximum atomic E-state index is 12.0. The van der Waals surface area contributed by atoms with Crippen LogP contribution in [0.2, 0.25) is 0 Å². The Morgan fingerprint density at radius 1 is 1.10 bits per heavy atom. The lowest BCUT2D eigenvalue weighted by molar-refractivity contribution is -0.274. The molecule has 0 aliphatic rings. The molecule has 120 valence electrons. The second kappa shape index (κ2) is 8.80. The van der Waals surface area contributed by atoms with E-state index in [4.69, 9.17) is 0 Å². The van der Waals surface area contributed by atoms with Crippen molar-refractivity contribution < 1.29 is 17.9 Å². The first-order valence-corrected chi connectivity index (χ1v) is 7.50. The first-order valence-electron chi connectivity index (χ1n) is 7.50. The van der Waals surface area contributed by atoms with Crippen LogP contribution in [0, 0.1) is 5.92 Å². The van der Waals surface area contributed by atoms with E-state index in [0.29, 0.717) is 5.92 Å². The van der Waals surface area contributed by atoms with Crippen LogP contribution < -0.4 is 10.1 Å². The molecule has 1 rings (SSSR count). The minimum atomic E-state index is -4.64. The van der Waals surface area contributed by atoms with E-state index in [9.17, 15) is 13.2 Å². The molecule has 0 fully saturated rings. The third kappa shape index (κ3) is 8.48. The van der Waals surface area contributed by atoms with E-state index in [1.807, 2.05) is 0 Å². The van der Waals surface area contributed by atoms with Gasteiger partial charge in [-0.15, -0.1) is 13.2 Å². The molecule has 0 aliphatic carbocycles. The quantitative estimate of drug-likeness (QED) is 0.599. The van der Waals surface area contributed by atoms with Crippen molar-refractivity contribution in [1.29, 1.82) is 0 Å². The van der Waals surface area contributed by atoms with Crippen LogP contribution in [0.15, 0.2) is 24.3 Å². The number of hydrogen-bond donors (Lipinski definition) is 1. The number of anilines is 1. The molecule has 1 unspecified atom stereocenters. The van der Waals surface area contributed by atoms with Crippen molar-refractivity contribution in [3.8, 4) is 5.75 Å². The highest BCUT2D eigenvalue weighted by Gasteiger charge is 2.30. The van der Waals surface area contributed by atoms with E-state index < -0.39 is 6.36 Å². The van der Waals surface area contributed by atoms with Crippen LogP contribution in [0.1, 0.15) is 46.0 Å². The molecule has 5 heteroatoms. The molecule has 0 bridgehead atoms. The molecule has 0 saturated heterocycles. The van der Waals surface area contributed by atoms with Crippen molar-refractivity contribution in [2.45, 2.75) is 52.3 Å². The van der Waals surface area contributed by atoms with Gasteiger partial charge < -0.3 is 10.1 Å². The summed E-state index contributed by atoms with van der Waals surface area (Å²) < 4.78 is 39.9. The van der Waals surface area contributed by atoms with Crippen LogP contribution in [0.4, 0.5) is 18.9 Å². The van der Waals surface area contributed by atoms with Gasteiger partial charge in [0.05, 0.1) is 0 Å². The van der Waals surface area contributed by atoms with E-state index >= 15 is 0 Å². The minimum absolute atomic E-state index is 0.194. The Labute approximate surface area is 124 Å². The van der Waals surface area contributed by atoms with Crippen LogP contribution in [0.3, 0.4) is 0 Å². The number of alkyl halides is 3. The molecule has 21 heavy (non-hydrogen) atoms. The zero-order valence-electron chi connectivity index (χ0n) is 12.7. The highest BCUT2D eigenvalue weighted by atomic mass is 19.4. The molecule has 2 nitrogen and oxygen atoms in total. The summed E-state index contributed by atoms with van der Waals surface area (Å²) in [7, 11) is 0. The molecule has 0 radical (unpaired) electrons. The zero-order chi connectivity index (χ0) is 15.7. The number of unbranched alkanes of at least 4 members (excludes halogenated alkanes) is 3. The molecular weight excluding hydrogens is 279 g/mol. The van der Waals surface area contributed by atoms with Gasteiger partial charge in [0.25, 0.3) is 0 Å². The highest BCUT2D eigenvalue weighted by molar-refractivity contribution is 5.46. The SMILES string of the molecule is CCCCCCC(C)CNc1ccc(OC(F)(F)F)cc1. The number of ether oxygens (including phenoxy) is 1. The van der Waals surface area contributed by atoms with Gasteiger partial charge in [-0.1, -0.05) is 39.5 Å². The van der Waals surface area contributed by atoms with Crippen molar-refractivity contribution in [1.82, 2.24) is 0 Å². The topological polar surface area (TPSA) is 21.3 Å². The van der Waals surface area contributed by atoms with Gasteiger partial charge in [-0.25, -0.2) is 0 Å². The first kappa shape index (κ1) is 17.7. The Balaban J connectivity index is 2.29. The van der Waals surface area contributed by atoms with Crippen molar-refractivity contribution in [3.63, 3.8) is 0 Å². The Bertz CT molecular complexity index is 390. The fraction of sp³-hybridized carbons (Fsp3) is 0.625. The average molecular weight is 303 g/mol. The molecule has 0 amide bonds. The van der Waals surface area contributed by atoms with Gasteiger partial charge in [0.1, 0.15) is 5.75 Å². The smallest absolute Gasteiger partial charge is 0.406 e. The molecule has 0 heterocycles. The largest absolute Gasteiger partial charge is 0.573 e. The first-order chi connectivity index (χ1) is 9.90. The molecular formula is C16H24F3NO. The van der Waals surface area contributed by atoms with Gasteiger partial charge >= 0.3 is 6.36 Å². The summed E-state index contributed by atoms with van der Waals surface area (Å²) in [6.07, 6.45) is 1.55. The molecule has 1 aromatic carbocycles. The summed E-state index contributed by atoms with van der Waals surface area (Å²) in [6, 6.07) is 5.85. The van der Waals surface area contributed by atoms with Crippen molar-refractivity contribution >= 4 is 5.69 Å². The van der Waals surface area contributed by atoms with Gasteiger partial charge in [0, 0.05) is 12.2 Å². The van der Waals surface area contributed by atoms with E-state index in [1.54, 1.807) is 12.1 Å². The van der Waals surface area contributed by atoms with E-state index in [1.165, 1.54) is 44.2 Å². The maximum Gasteiger partial charge on any atom is 0.573 e. The van der Waals surface area contributed by atoms with Crippen molar-refractivity contribution in [2.75, 3.05) is 11.9 Å². The van der Waals surface area contributed by atoms with Crippen LogP contribution in [-0.4, -0.2) is 12.9 Å². The second-order valence-corrected chi connectivity index (χ2v) is 5.41. The summed E-state index contributed by atoms with van der Waals surface area (Å²) in [5.74, 6) is 0.355. The number of nitrogens with one attached hydrogen (secondary N) is 1. The number of rotatable bonds is 9. The second-order valence-electron chi connectivity index (χ2n) is 5.41. The lowest BCUT2D eigenvalue weighted by Gasteiger charge is -2.14. The fourth-order valence-corrected chi connectivity index (χ4v) is 2.09. The number of halogens is 3. The van der Waals surface area contributed by atoms with E-state index in [-0.39, 0.29) is 5.75 Å². The summed E-state index contributed by atoms with van der Waals surface area (Å²) in [5.41, 5.74) is 0.810. The molecule has 0 aromatic heterocycles. The Kier molecular flexibility index (Phi) is 7.40. The van der Waals surface area contributed by atoms with Gasteiger partial charge in [0.2, 0.25) is 0 Å². The highest BCUT2D eigenvalue weighted by Crippen LogP contribution is 2.24. The Morgan fingerprint density at radius 2 is 1.76 bits per heavy atom. The Morgan fingerprint density at radius 3 is 2.33 bits per heavy atom. The van der Waals surface area contributed by atoms with Crippen LogP contribution >= 0.6 is 0 Å². The average Bonchev–Trinajstić information content (AvgIpc) is 2.41. The van der Waals surface area contributed by atoms with Crippen LogP contribution in [-0.2, 0) is 0 Å². The Hall–Kier alpha value is -1.39.